The second kappa shape index (κ2) is 10.4. The smallest absolute Gasteiger partial charge is 0.142 e. The summed E-state index contributed by atoms with van der Waals surface area (Å²) in [6.45, 7) is 4.13. The van der Waals surface area contributed by atoms with Gasteiger partial charge in [-0.15, -0.1) is 0 Å². The Labute approximate surface area is 202 Å². The van der Waals surface area contributed by atoms with E-state index in [9.17, 15) is 0 Å². The Morgan fingerprint density at radius 2 is 1.56 bits per heavy atom. The molecule has 5 nitrogen and oxygen atoms in total. The van der Waals surface area contributed by atoms with Crippen molar-refractivity contribution in [2.24, 2.45) is 0 Å². The van der Waals surface area contributed by atoms with Gasteiger partial charge in [0.25, 0.3) is 0 Å². The summed E-state index contributed by atoms with van der Waals surface area (Å²) in [5.74, 6) is 2.70. The lowest BCUT2D eigenvalue weighted by Gasteiger charge is -2.40. The molecule has 5 rings (SSSR count). The lowest BCUT2D eigenvalue weighted by molar-refractivity contribution is 0.238. The summed E-state index contributed by atoms with van der Waals surface area (Å²) in [5, 5.41) is 0. The van der Waals surface area contributed by atoms with E-state index in [0.717, 1.165) is 54.6 Å². The molecule has 3 aromatic rings. The molecule has 0 bridgehead atoms. The van der Waals surface area contributed by atoms with E-state index in [4.69, 9.17) is 14.2 Å². The molecule has 178 valence electrons. The molecule has 0 radical (unpaired) electrons. The quantitative estimate of drug-likeness (QED) is 0.413. The van der Waals surface area contributed by atoms with Crippen LogP contribution in [0.3, 0.4) is 0 Å². The van der Waals surface area contributed by atoms with E-state index in [-0.39, 0.29) is 6.04 Å². The molecule has 0 saturated carbocycles. The first-order chi connectivity index (χ1) is 16.8. The summed E-state index contributed by atoms with van der Waals surface area (Å²) in [6.07, 6.45) is 4.66. The van der Waals surface area contributed by atoms with Crippen molar-refractivity contribution in [3.05, 3.63) is 77.9 Å². The number of ether oxygens (including phenoxy) is 3. The van der Waals surface area contributed by atoms with Crippen LogP contribution >= 0.6 is 0 Å². The molecular weight excluding hydrogens is 424 g/mol. The standard InChI is InChI=1S/C29H34N2O3/c1-32-25-13-8-22(9-14-25)27-17-10-23-6-5-7-28(33-2)29(23)31(27)24-11-15-26(16-12-24)34-21-20-30-18-3-4-19-30/h5-9,11-16,27H,3-4,10,17-21H2,1-2H3. The van der Waals surface area contributed by atoms with E-state index in [1.54, 1.807) is 14.2 Å². The Morgan fingerprint density at radius 1 is 0.824 bits per heavy atom. The molecule has 2 aliphatic heterocycles. The molecular formula is C29H34N2O3. The van der Waals surface area contributed by atoms with Crippen LogP contribution < -0.4 is 19.1 Å². The van der Waals surface area contributed by atoms with Gasteiger partial charge < -0.3 is 19.1 Å². The fraction of sp³-hybridized carbons (Fsp3) is 0.379. The molecule has 1 saturated heterocycles. The van der Waals surface area contributed by atoms with E-state index in [2.05, 4.69) is 64.4 Å². The van der Waals surface area contributed by atoms with Gasteiger partial charge in [-0.2, -0.15) is 0 Å². The Kier molecular flexibility index (Phi) is 6.91. The zero-order valence-electron chi connectivity index (χ0n) is 20.2. The number of nitrogens with zero attached hydrogens (tertiary/aromatic N) is 2. The predicted molar refractivity (Wildman–Crippen MR) is 137 cm³/mol. The van der Waals surface area contributed by atoms with Crippen LogP contribution in [0, 0.1) is 0 Å². The minimum atomic E-state index is 0.205. The molecule has 0 amide bonds. The fourth-order valence-electron chi connectivity index (χ4n) is 5.24. The summed E-state index contributed by atoms with van der Waals surface area (Å²) in [4.78, 5) is 4.90. The Bertz CT molecular complexity index is 1060. The molecule has 0 N–H and O–H groups in total. The third kappa shape index (κ3) is 4.71. The zero-order chi connectivity index (χ0) is 23.3. The molecule has 34 heavy (non-hydrogen) atoms. The van der Waals surface area contributed by atoms with Crippen molar-refractivity contribution in [3.63, 3.8) is 0 Å². The van der Waals surface area contributed by atoms with Crippen molar-refractivity contribution in [2.75, 3.05) is 45.4 Å². The van der Waals surface area contributed by atoms with Crippen molar-refractivity contribution in [1.82, 2.24) is 4.90 Å². The maximum absolute atomic E-state index is 6.06. The highest BCUT2D eigenvalue weighted by Gasteiger charge is 2.31. The number of anilines is 2. The molecule has 2 heterocycles. The maximum Gasteiger partial charge on any atom is 0.142 e. The van der Waals surface area contributed by atoms with E-state index < -0.39 is 0 Å². The summed E-state index contributed by atoms with van der Waals surface area (Å²) in [7, 11) is 3.46. The second-order valence-corrected chi connectivity index (χ2v) is 9.06. The third-order valence-corrected chi connectivity index (χ3v) is 7.03. The number of hydrogen-bond acceptors (Lipinski definition) is 5. The summed E-state index contributed by atoms with van der Waals surface area (Å²) in [6, 6.07) is 23.5. The highest BCUT2D eigenvalue weighted by molar-refractivity contribution is 5.75. The average Bonchev–Trinajstić information content (AvgIpc) is 3.42. The normalized spacial score (nSPS) is 17.9. The summed E-state index contributed by atoms with van der Waals surface area (Å²) in [5.41, 5.74) is 4.87. The van der Waals surface area contributed by atoms with E-state index in [1.165, 1.54) is 37.1 Å². The lowest BCUT2D eigenvalue weighted by atomic mass is 9.90. The zero-order valence-corrected chi connectivity index (χ0v) is 20.2. The molecule has 2 aliphatic rings. The van der Waals surface area contributed by atoms with Crippen molar-refractivity contribution < 1.29 is 14.2 Å². The third-order valence-electron chi connectivity index (χ3n) is 7.03. The van der Waals surface area contributed by atoms with Crippen molar-refractivity contribution in [2.45, 2.75) is 31.7 Å². The van der Waals surface area contributed by atoms with E-state index in [1.807, 2.05) is 12.1 Å². The topological polar surface area (TPSA) is 34.2 Å². The maximum atomic E-state index is 6.06. The van der Waals surface area contributed by atoms with Crippen LogP contribution in [-0.4, -0.2) is 45.4 Å². The first kappa shape index (κ1) is 22.6. The lowest BCUT2D eigenvalue weighted by Crippen LogP contribution is -2.29. The molecule has 0 spiro atoms. The molecule has 1 fully saturated rings. The van der Waals surface area contributed by atoms with Gasteiger partial charge in [0.05, 0.1) is 25.9 Å². The molecule has 1 atom stereocenters. The van der Waals surface area contributed by atoms with Gasteiger partial charge in [-0.25, -0.2) is 0 Å². The van der Waals surface area contributed by atoms with Crippen molar-refractivity contribution in [3.8, 4) is 17.2 Å². The minimum Gasteiger partial charge on any atom is -0.497 e. The first-order valence-corrected chi connectivity index (χ1v) is 12.3. The number of methoxy groups -OCH3 is 2. The van der Waals surface area contributed by atoms with E-state index in [0.29, 0.717) is 0 Å². The first-order valence-electron chi connectivity index (χ1n) is 12.3. The Balaban J connectivity index is 1.42. The van der Waals surface area contributed by atoms with Gasteiger partial charge >= 0.3 is 0 Å². The van der Waals surface area contributed by atoms with Gasteiger partial charge in [0, 0.05) is 12.2 Å². The average molecular weight is 459 g/mol. The number of aryl methyl sites for hydroxylation is 1. The number of fused-ring (bicyclic) bond motifs is 1. The van der Waals surface area contributed by atoms with Crippen LogP contribution in [0.4, 0.5) is 11.4 Å². The van der Waals surface area contributed by atoms with Crippen LogP contribution in [0.25, 0.3) is 0 Å². The molecule has 5 heteroatoms. The van der Waals surface area contributed by atoms with Gasteiger partial charge in [0.2, 0.25) is 0 Å². The Morgan fingerprint density at radius 3 is 2.26 bits per heavy atom. The van der Waals surface area contributed by atoms with Gasteiger partial charge in [-0.3, -0.25) is 4.90 Å². The van der Waals surface area contributed by atoms with Gasteiger partial charge in [0.1, 0.15) is 23.9 Å². The van der Waals surface area contributed by atoms with Crippen LogP contribution in [0.2, 0.25) is 0 Å². The number of rotatable bonds is 8. The van der Waals surface area contributed by atoms with Crippen molar-refractivity contribution >= 4 is 11.4 Å². The summed E-state index contributed by atoms with van der Waals surface area (Å²) >= 11 is 0. The fourth-order valence-corrected chi connectivity index (χ4v) is 5.24. The largest absolute Gasteiger partial charge is 0.497 e. The monoisotopic (exact) mass is 458 g/mol. The molecule has 3 aromatic carbocycles. The van der Waals surface area contributed by atoms with Gasteiger partial charge in [0.15, 0.2) is 0 Å². The number of benzene rings is 3. The highest BCUT2D eigenvalue weighted by Crippen LogP contribution is 2.48. The van der Waals surface area contributed by atoms with Crippen molar-refractivity contribution in [1.29, 1.82) is 0 Å². The molecule has 0 aromatic heterocycles. The second-order valence-electron chi connectivity index (χ2n) is 9.06. The molecule has 0 aliphatic carbocycles. The number of para-hydroxylation sites is 1. The van der Waals surface area contributed by atoms with Crippen LogP contribution in [0.15, 0.2) is 66.7 Å². The summed E-state index contributed by atoms with van der Waals surface area (Å²) < 4.78 is 17.3. The van der Waals surface area contributed by atoms with Crippen LogP contribution in [0.5, 0.6) is 17.2 Å². The minimum absolute atomic E-state index is 0.205. The van der Waals surface area contributed by atoms with Gasteiger partial charge in [-0.05, 0) is 92.4 Å². The Hall–Kier alpha value is -3.18. The van der Waals surface area contributed by atoms with E-state index >= 15 is 0 Å². The number of likely N-dealkylation sites (tertiary alicyclic amines) is 1. The van der Waals surface area contributed by atoms with Crippen LogP contribution in [-0.2, 0) is 6.42 Å². The van der Waals surface area contributed by atoms with Crippen LogP contribution in [0.1, 0.15) is 36.4 Å². The predicted octanol–water partition coefficient (Wildman–Crippen LogP) is 6.00. The molecule has 1 unspecified atom stereocenters. The SMILES string of the molecule is COc1ccc(C2CCc3cccc(OC)c3N2c2ccc(OCCN3CCCC3)cc2)cc1. The highest BCUT2D eigenvalue weighted by atomic mass is 16.5. The number of hydrogen-bond donors (Lipinski definition) is 0. The van der Waals surface area contributed by atoms with Gasteiger partial charge in [-0.1, -0.05) is 24.3 Å².